The number of hydrogen-bond donors (Lipinski definition) is 2. The van der Waals surface area contributed by atoms with Gasteiger partial charge in [-0.25, -0.2) is 0 Å². The summed E-state index contributed by atoms with van der Waals surface area (Å²) < 4.78 is 7.32. The van der Waals surface area contributed by atoms with Gasteiger partial charge in [0, 0.05) is 22.7 Å². The molecule has 3 fully saturated rings. The molecule has 1 saturated carbocycles. The van der Waals surface area contributed by atoms with E-state index in [4.69, 9.17) is 4.74 Å². The molecule has 0 unspecified atom stereocenters. The fraction of sp³-hybridized carbons (Fsp3) is 0.593. The lowest BCUT2D eigenvalue weighted by molar-refractivity contribution is -0.141. The third-order valence-electron chi connectivity index (χ3n) is 7.94. The number of ether oxygens (including phenoxy) is 1. The summed E-state index contributed by atoms with van der Waals surface area (Å²) in [5.74, 6) is -1.56. The van der Waals surface area contributed by atoms with Crippen molar-refractivity contribution in [3.05, 3.63) is 40.9 Å². The van der Waals surface area contributed by atoms with E-state index in [0.29, 0.717) is 18.2 Å². The van der Waals surface area contributed by atoms with Gasteiger partial charge < -0.3 is 20.3 Å². The summed E-state index contributed by atoms with van der Waals surface area (Å²) in [6.07, 6.45) is 9.35. The number of nitrogens with one attached hydrogen (secondary N) is 2. The Morgan fingerprint density at radius 1 is 1.14 bits per heavy atom. The van der Waals surface area contributed by atoms with Crippen LogP contribution in [-0.2, 0) is 19.1 Å². The molecule has 5 rings (SSSR count). The quantitative estimate of drug-likeness (QED) is 0.508. The standard InChI is InChI=1S/C27H34BrN3O4/c1-16(2)13-15-31-23(25(33)30-18-6-4-3-5-7-18)27-14-12-20(35-27)21(22(27)26(31)34)24(32)29-19-10-8-17(28)9-11-19/h8-12,14,16,18,20-23H,3-7,13,15H2,1-2H3,(H,29,32)(H,30,33)/t20-,21-,22-,23-,27+/m1/s1. The van der Waals surface area contributed by atoms with Crippen LogP contribution in [0.25, 0.3) is 0 Å². The van der Waals surface area contributed by atoms with Crippen molar-refractivity contribution in [1.29, 1.82) is 0 Å². The molecule has 1 aliphatic carbocycles. The second kappa shape index (κ2) is 9.69. The SMILES string of the molecule is CC(C)CCN1C(=O)[C@H]2[C@H](C(=O)Nc3ccc(Br)cc3)[C@H]3C=C[C@@]2(O3)[C@H]1C(=O)NC1CCCCC1. The maximum absolute atomic E-state index is 13.8. The van der Waals surface area contributed by atoms with E-state index in [1.54, 1.807) is 4.90 Å². The molecule has 4 aliphatic rings. The van der Waals surface area contributed by atoms with Crippen molar-refractivity contribution >= 4 is 39.3 Å². The Balaban J connectivity index is 1.42. The number of carbonyl (C=O) groups excluding carboxylic acids is 3. The van der Waals surface area contributed by atoms with Crippen molar-refractivity contribution in [3.63, 3.8) is 0 Å². The summed E-state index contributed by atoms with van der Waals surface area (Å²) >= 11 is 3.41. The normalized spacial score (nSPS) is 31.8. The number of carbonyl (C=O) groups is 3. The van der Waals surface area contributed by atoms with Crippen LogP contribution in [0, 0.1) is 17.8 Å². The number of benzene rings is 1. The molecule has 35 heavy (non-hydrogen) atoms. The van der Waals surface area contributed by atoms with Crippen LogP contribution in [0.15, 0.2) is 40.9 Å². The van der Waals surface area contributed by atoms with Gasteiger partial charge in [0.05, 0.1) is 17.9 Å². The summed E-state index contributed by atoms with van der Waals surface area (Å²) in [6.45, 7) is 4.68. The first-order chi connectivity index (χ1) is 16.8. The van der Waals surface area contributed by atoms with Gasteiger partial charge in [0.25, 0.3) is 0 Å². The average Bonchev–Trinajstić information content (AvgIpc) is 3.47. The Bertz CT molecular complexity index is 1020. The van der Waals surface area contributed by atoms with E-state index in [1.165, 1.54) is 6.42 Å². The van der Waals surface area contributed by atoms with E-state index >= 15 is 0 Å². The van der Waals surface area contributed by atoms with Crippen molar-refractivity contribution in [3.8, 4) is 0 Å². The third kappa shape index (κ3) is 4.44. The summed E-state index contributed by atoms with van der Waals surface area (Å²) in [5.41, 5.74) is -0.438. The number of likely N-dealkylation sites (tertiary alicyclic amines) is 1. The molecule has 188 valence electrons. The summed E-state index contributed by atoms with van der Waals surface area (Å²) in [6, 6.07) is 6.71. The Labute approximate surface area is 215 Å². The number of anilines is 1. The van der Waals surface area contributed by atoms with Crippen LogP contribution in [0.3, 0.4) is 0 Å². The predicted molar refractivity (Wildman–Crippen MR) is 136 cm³/mol. The first-order valence-electron chi connectivity index (χ1n) is 12.8. The number of nitrogens with zero attached hydrogens (tertiary/aromatic N) is 1. The van der Waals surface area contributed by atoms with Crippen LogP contribution < -0.4 is 10.6 Å². The summed E-state index contributed by atoms with van der Waals surface area (Å²) in [4.78, 5) is 42.7. The van der Waals surface area contributed by atoms with Gasteiger partial charge in [-0.1, -0.05) is 61.2 Å². The summed E-state index contributed by atoms with van der Waals surface area (Å²) in [7, 11) is 0. The minimum absolute atomic E-state index is 0.132. The monoisotopic (exact) mass is 543 g/mol. The highest BCUT2D eigenvalue weighted by Crippen LogP contribution is 2.55. The minimum atomic E-state index is -1.10. The zero-order valence-corrected chi connectivity index (χ0v) is 21.9. The fourth-order valence-electron chi connectivity index (χ4n) is 6.19. The fourth-order valence-corrected chi connectivity index (χ4v) is 6.46. The maximum Gasteiger partial charge on any atom is 0.246 e. The zero-order valence-electron chi connectivity index (χ0n) is 20.3. The van der Waals surface area contributed by atoms with Crippen molar-refractivity contribution in [2.24, 2.45) is 17.8 Å². The van der Waals surface area contributed by atoms with Gasteiger partial charge in [0.1, 0.15) is 11.6 Å². The van der Waals surface area contributed by atoms with Crippen molar-refractivity contribution < 1.29 is 19.1 Å². The molecular weight excluding hydrogens is 510 g/mol. The molecule has 2 bridgehead atoms. The van der Waals surface area contributed by atoms with Crippen LogP contribution >= 0.6 is 15.9 Å². The Hall–Kier alpha value is -2.19. The van der Waals surface area contributed by atoms with Crippen LogP contribution in [-0.4, -0.2) is 53.0 Å². The van der Waals surface area contributed by atoms with Crippen LogP contribution in [0.2, 0.25) is 0 Å². The molecule has 1 aromatic rings. The van der Waals surface area contributed by atoms with E-state index in [-0.39, 0.29) is 23.8 Å². The first kappa shape index (κ1) is 24.5. The molecule has 1 aromatic carbocycles. The Morgan fingerprint density at radius 3 is 2.54 bits per heavy atom. The highest BCUT2D eigenvalue weighted by atomic mass is 79.9. The zero-order chi connectivity index (χ0) is 24.7. The Kier molecular flexibility index (Phi) is 6.79. The van der Waals surface area contributed by atoms with Gasteiger partial charge in [-0.3, -0.25) is 14.4 Å². The number of fused-ring (bicyclic) bond motifs is 1. The van der Waals surface area contributed by atoms with E-state index < -0.39 is 29.6 Å². The first-order valence-corrected chi connectivity index (χ1v) is 13.6. The van der Waals surface area contributed by atoms with E-state index in [9.17, 15) is 14.4 Å². The van der Waals surface area contributed by atoms with Crippen molar-refractivity contribution in [2.75, 3.05) is 11.9 Å². The Morgan fingerprint density at radius 2 is 1.86 bits per heavy atom. The average molecular weight is 544 g/mol. The van der Waals surface area contributed by atoms with Gasteiger partial charge in [0.2, 0.25) is 17.7 Å². The van der Waals surface area contributed by atoms with Crippen LogP contribution in [0.5, 0.6) is 0 Å². The number of halogens is 1. The second-order valence-electron chi connectivity index (χ2n) is 10.8. The minimum Gasteiger partial charge on any atom is -0.359 e. The van der Waals surface area contributed by atoms with Gasteiger partial charge in [0.15, 0.2) is 0 Å². The molecule has 0 aromatic heterocycles. The lowest BCUT2D eigenvalue weighted by Gasteiger charge is -2.34. The molecule has 2 saturated heterocycles. The largest absolute Gasteiger partial charge is 0.359 e. The van der Waals surface area contributed by atoms with Crippen LogP contribution in [0.4, 0.5) is 5.69 Å². The molecule has 0 radical (unpaired) electrons. The highest BCUT2D eigenvalue weighted by Gasteiger charge is 2.72. The second-order valence-corrected chi connectivity index (χ2v) is 11.7. The molecule has 1 spiro atoms. The third-order valence-corrected chi connectivity index (χ3v) is 8.46. The molecule has 2 N–H and O–H groups in total. The van der Waals surface area contributed by atoms with Gasteiger partial charge in [-0.05, 0) is 49.4 Å². The lowest BCUT2D eigenvalue weighted by atomic mass is 9.74. The smallest absolute Gasteiger partial charge is 0.246 e. The van der Waals surface area contributed by atoms with Crippen LogP contribution in [0.1, 0.15) is 52.4 Å². The predicted octanol–water partition coefficient (Wildman–Crippen LogP) is 4.03. The molecule has 3 amide bonds. The topological polar surface area (TPSA) is 87.7 Å². The van der Waals surface area contributed by atoms with E-state index in [2.05, 4.69) is 40.4 Å². The van der Waals surface area contributed by atoms with Gasteiger partial charge in [-0.2, -0.15) is 0 Å². The highest BCUT2D eigenvalue weighted by molar-refractivity contribution is 9.10. The van der Waals surface area contributed by atoms with E-state index in [0.717, 1.165) is 36.6 Å². The molecule has 8 heteroatoms. The molecular formula is C27H34BrN3O4. The number of amides is 3. The molecule has 5 atom stereocenters. The number of hydrogen-bond acceptors (Lipinski definition) is 4. The lowest BCUT2D eigenvalue weighted by Crippen LogP contribution is -2.56. The van der Waals surface area contributed by atoms with Gasteiger partial charge in [-0.15, -0.1) is 0 Å². The maximum atomic E-state index is 13.8. The van der Waals surface area contributed by atoms with Crippen molar-refractivity contribution in [2.45, 2.75) is 76.2 Å². The van der Waals surface area contributed by atoms with Crippen molar-refractivity contribution in [1.82, 2.24) is 10.2 Å². The number of rotatable bonds is 7. The van der Waals surface area contributed by atoms with E-state index in [1.807, 2.05) is 36.4 Å². The van der Waals surface area contributed by atoms with Gasteiger partial charge >= 0.3 is 0 Å². The molecule has 3 heterocycles. The molecule has 3 aliphatic heterocycles. The summed E-state index contributed by atoms with van der Waals surface area (Å²) in [5, 5.41) is 6.18. The molecule has 7 nitrogen and oxygen atoms in total.